The Morgan fingerprint density at radius 3 is 1.44 bits per heavy atom. The summed E-state index contributed by atoms with van der Waals surface area (Å²) >= 11 is 0. The van der Waals surface area contributed by atoms with Gasteiger partial charge < -0.3 is 0 Å². The Hall–Kier alpha value is -8.52. The first-order chi connectivity index (χ1) is 31.2. The molecular weight excluding hydrogens is 765 g/mol. The van der Waals surface area contributed by atoms with Crippen LogP contribution in [0.1, 0.15) is 27.8 Å². The van der Waals surface area contributed by atoms with Crippen molar-refractivity contribution in [3.05, 3.63) is 258 Å². The zero-order chi connectivity index (χ0) is 42.2. The lowest BCUT2D eigenvalue weighted by Gasteiger charge is -2.34. The van der Waals surface area contributed by atoms with E-state index in [4.69, 9.17) is 15.0 Å². The van der Waals surface area contributed by atoms with Crippen LogP contribution in [0.5, 0.6) is 0 Å². The van der Waals surface area contributed by atoms with Crippen molar-refractivity contribution in [1.82, 2.24) is 15.0 Å². The molecule has 4 heteroatoms. The highest BCUT2D eigenvalue weighted by Gasteiger charge is 2.46. The van der Waals surface area contributed by atoms with Crippen molar-refractivity contribution >= 4 is 0 Å². The molecule has 294 valence electrons. The fourth-order valence-electron chi connectivity index (χ4n) is 9.28. The van der Waals surface area contributed by atoms with E-state index in [1.165, 1.54) is 11.1 Å². The van der Waals surface area contributed by atoms with E-state index in [1.54, 1.807) is 0 Å². The summed E-state index contributed by atoms with van der Waals surface area (Å²) in [6.07, 6.45) is 1.85. The Morgan fingerprint density at radius 2 is 0.841 bits per heavy atom. The lowest BCUT2D eigenvalue weighted by molar-refractivity contribution is 0.768. The van der Waals surface area contributed by atoms with E-state index < -0.39 is 5.41 Å². The predicted molar refractivity (Wildman–Crippen MR) is 254 cm³/mol. The van der Waals surface area contributed by atoms with E-state index in [9.17, 15) is 5.26 Å². The summed E-state index contributed by atoms with van der Waals surface area (Å²) in [6, 6.07) is 80.9. The number of hydrogen-bond donors (Lipinski definition) is 0. The van der Waals surface area contributed by atoms with Crippen LogP contribution in [0, 0.1) is 11.3 Å². The molecule has 0 aliphatic heterocycles. The second-order valence-electron chi connectivity index (χ2n) is 15.9. The number of fused-ring (bicyclic) bond motifs is 3. The molecular formula is C59H38N4. The number of benzene rings is 8. The van der Waals surface area contributed by atoms with Gasteiger partial charge in [0.05, 0.1) is 34.1 Å². The molecule has 1 aliphatic carbocycles. The minimum atomic E-state index is -0.644. The molecule has 0 fully saturated rings. The molecule has 4 nitrogen and oxygen atoms in total. The highest BCUT2D eigenvalue weighted by molar-refractivity contribution is 5.90. The molecule has 2 aromatic heterocycles. The van der Waals surface area contributed by atoms with Gasteiger partial charge in [-0.05, 0) is 110 Å². The first-order valence-electron chi connectivity index (χ1n) is 21.1. The maximum atomic E-state index is 10.2. The average Bonchev–Trinajstić information content (AvgIpc) is 3.67. The molecule has 8 aromatic carbocycles. The molecule has 2 heterocycles. The monoisotopic (exact) mass is 802 g/mol. The minimum Gasteiger partial charge on any atom is -0.256 e. The summed E-state index contributed by atoms with van der Waals surface area (Å²) in [7, 11) is 0. The van der Waals surface area contributed by atoms with Crippen molar-refractivity contribution in [3.8, 4) is 84.6 Å². The van der Waals surface area contributed by atoms with Gasteiger partial charge in [0.2, 0.25) is 0 Å². The Morgan fingerprint density at radius 1 is 0.349 bits per heavy atom. The third-order valence-electron chi connectivity index (χ3n) is 12.2. The van der Waals surface area contributed by atoms with Crippen molar-refractivity contribution in [3.63, 3.8) is 0 Å². The summed E-state index contributed by atoms with van der Waals surface area (Å²) in [5, 5.41) is 10.2. The molecule has 0 saturated carbocycles. The molecule has 0 bridgehead atoms. The van der Waals surface area contributed by atoms with Gasteiger partial charge in [-0.25, -0.2) is 9.97 Å². The van der Waals surface area contributed by atoms with Crippen LogP contribution < -0.4 is 0 Å². The molecule has 0 saturated heterocycles. The van der Waals surface area contributed by atoms with Crippen LogP contribution in [-0.4, -0.2) is 15.0 Å². The highest BCUT2D eigenvalue weighted by atomic mass is 14.9. The molecule has 0 unspecified atom stereocenters. The summed E-state index contributed by atoms with van der Waals surface area (Å²) in [5.41, 5.74) is 17.9. The first-order valence-corrected chi connectivity index (χ1v) is 21.1. The van der Waals surface area contributed by atoms with E-state index in [1.807, 2.05) is 60.8 Å². The van der Waals surface area contributed by atoms with Gasteiger partial charge in [0.25, 0.3) is 0 Å². The van der Waals surface area contributed by atoms with Gasteiger partial charge in [-0.3, -0.25) is 4.98 Å². The Balaban J connectivity index is 1.06. The maximum absolute atomic E-state index is 10.2. The average molecular weight is 803 g/mol. The summed E-state index contributed by atoms with van der Waals surface area (Å²) in [5.74, 6) is 0.690. The van der Waals surface area contributed by atoms with Crippen LogP contribution in [-0.2, 0) is 5.41 Å². The van der Waals surface area contributed by atoms with Crippen molar-refractivity contribution in [2.75, 3.05) is 0 Å². The zero-order valence-corrected chi connectivity index (χ0v) is 34.2. The van der Waals surface area contributed by atoms with Crippen LogP contribution >= 0.6 is 0 Å². The molecule has 0 N–H and O–H groups in total. The van der Waals surface area contributed by atoms with Crippen molar-refractivity contribution in [2.45, 2.75) is 5.41 Å². The molecule has 63 heavy (non-hydrogen) atoms. The Kier molecular flexibility index (Phi) is 9.41. The number of hydrogen-bond acceptors (Lipinski definition) is 4. The summed E-state index contributed by atoms with van der Waals surface area (Å²) in [4.78, 5) is 14.9. The second-order valence-corrected chi connectivity index (χ2v) is 15.9. The van der Waals surface area contributed by atoms with E-state index >= 15 is 0 Å². The third-order valence-corrected chi connectivity index (χ3v) is 12.2. The maximum Gasteiger partial charge on any atom is 0.160 e. The standard InChI is InChI=1S/C59H38N4/c60-39-40-24-30-51-52-31-29-45(37-54(52)59(53(51)33-40,49-19-9-3-10-20-49)50-21-11-4-12-22-50)47-34-46(35-48(36-47)55-23-13-14-32-61-55)41-25-27-43(28-26-41)57-38-56(42-15-5-1-6-16-42)62-58(63-57)44-17-7-2-8-18-44/h1-38H. The van der Waals surface area contributed by atoms with E-state index in [-0.39, 0.29) is 0 Å². The van der Waals surface area contributed by atoms with Crippen molar-refractivity contribution < 1.29 is 0 Å². The van der Waals surface area contributed by atoms with Crippen LogP contribution in [0.2, 0.25) is 0 Å². The molecule has 0 spiro atoms. The number of pyridine rings is 1. The molecule has 0 atom stereocenters. The van der Waals surface area contributed by atoms with Gasteiger partial charge in [0, 0.05) is 28.5 Å². The summed E-state index contributed by atoms with van der Waals surface area (Å²) in [6.45, 7) is 0. The minimum absolute atomic E-state index is 0.643. The quantitative estimate of drug-likeness (QED) is 0.153. The molecule has 0 amide bonds. The van der Waals surface area contributed by atoms with Crippen LogP contribution in [0.15, 0.2) is 231 Å². The van der Waals surface area contributed by atoms with Gasteiger partial charge in [-0.1, -0.05) is 170 Å². The normalized spacial score (nSPS) is 12.2. The molecule has 1 aliphatic rings. The van der Waals surface area contributed by atoms with Crippen LogP contribution in [0.4, 0.5) is 0 Å². The molecule has 0 radical (unpaired) electrons. The fraction of sp³-hybridized carbons (Fsp3) is 0.0169. The number of nitriles is 1. The highest BCUT2D eigenvalue weighted by Crippen LogP contribution is 2.57. The van der Waals surface area contributed by atoms with Gasteiger partial charge in [-0.15, -0.1) is 0 Å². The van der Waals surface area contributed by atoms with E-state index in [0.29, 0.717) is 11.4 Å². The Bertz CT molecular complexity index is 3210. The zero-order valence-electron chi connectivity index (χ0n) is 34.2. The third kappa shape index (κ3) is 6.70. The Labute approximate surface area is 367 Å². The van der Waals surface area contributed by atoms with Gasteiger partial charge in [0.1, 0.15) is 0 Å². The lowest BCUT2D eigenvalue weighted by Crippen LogP contribution is -2.28. The SMILES string of the molecule is N#Cc1ccc2c(c1)C(c1ccccc1)(c1ccccc1)c1cc(-c3cc(-c4ccc(-c5cc(-c6ccccc6)nc(-c6ccccc6)n5)cc4)cc(-c4ccccn4)c3)ccc1-2. The largest absolute Gasteiger partial charge is 0.256 e. The van der Waals surface area contributed by atoms with Crippen LogP contribution in [0.25, 0.3) is 78.5 Å². The van der Waals surface area contributed by atoms with Gasteiger partial charge >= 0.3 is 0 Å². The number of rotatable bonds is 8. The van der Waals surface area contributed by atoms with Gasteiger partial charge in [-0.2, -0.15) is 5.26 Å². The number of nitrogens with zero attached hydrogens (tertiary/aromatic N) is 4. The number of aromatic nitrogens is 3. The molecule has 10 aromatic rings. The van der Waals surface area contributed by atoms with Crippen LogP contribution in [0.3, 0.4) is 0 Å². The van der Waals surface area contributed by atoms with Gasteiger partial charge in [0.15, 0.2) is 5.82 Å². The summed E-state index contributed by atoms with van der Waals surface area (Å²) < 4.78 is 0. The molecule has 11 rings (SSSR count). The smallest absolute Gasteiger partial charge is 0.160 e. The predicted octanol–water partition coefficient (Wildman–Crippen LogP) is 14.1. The fourth-order valence-corrected chi connectivity index (χ4v) is 9.28. The lowest BCUT2D eigenvalue weighted by atomic mass is 9.67. The second kappa shape index (κ2) is 15.8. The van der Waals surface area contributed by atoms with Crippen molar-refractivity contribution in [2.24, 2.45) is 0 Å². The van der Waals surface area contributed by atoms with E-state index in [2.05, 4.69) is 176 Å². The first kappa shape index (κ1) is 37.5. The topological polar surface area (TPSA) is 62.5 Å². The van der Waals surface area contributed by atoms with E-state index in [0.717, 1.165) is 83.8 Å². The van der Waals surface area contributed by atoms with Crippen molar-refractivity contribution in [1.29, 1.82) is 5.26 Å².